The summed E-state index contributed by atoms with van der Waals surface area (Å²) in [6.45, 7) is 12.9. The van der Waals surface area contributed by atoms with E-state index in [2.05, 4.69) is 46.9 Å². The smallest absolute Gasteiger partial charge is 0.228 e. The first-order valence-corrected chi connectivity index (χ1v) is 6.95. The second-order valence-corrected chi connectivity index (χ2v) is 7.54. The maximum atomic E-state index is 12.5. The van der Waals surface area contributed by atoms with Crippen molar-refractivity contribution in [2.45, 2.75) is 48.0 Å². The van der Waals surface area contributed by atoms with Gasteiger partial charge in [-0.2, -0.15) is 0 Å². The van der Waals surface area contributed by atoms with E-state index < -0.39 is 0 Å². The highest BCUT2D eigenvalue weighted by Crippen LogP contribution is 2.36. The molecule has 106 valence electrons. The van der Waals surface area contributed by atoms with E-state index in [0.29, 0.717) is 0 Å². The van der Waals surface area contributed by atoms with E-state index in [4.69, 9.17) is 0 Å². The molecular weight excluding hydrogens is 234 g/mol. The molecule has 1 rings (SSSR count). The van der Waals surface area contributed by atoms with E-state index >= 15 is 0 Å². The van der Waals surface area contributed by atoms with Crippen LogP contribution in [0.3, 0.4) is 0 Å². The van der Waals surface area contributed by atoms with E-state index in [9.17, 15) is 4.79 Å². The topological polar surface area (TPSA) is 29.1 Å². The first-order chi connectivity index (χ1) is 8.59. The van der Waals surface area contributed by atoms with Crippen molar-refractivity contribution >= 4 is 11.6 Å². The third kappa shape index (κ3) is 5.46. The Morgan fingerprint density at radius 1 is 1.05 bits per heavy atom. The monoisotopic (exact) mass is 261 g/mol. The zero-order chi connectivity index (χ0) is 14.7. The predicted octanol–water partition coefficient (Wildman–Crippen LogP) is 4.72. The number of amides is 1. The second kappa shape index (κ2) is 5.77. The van der Waals surface area contributed by atoms with Crippen molar-refractivity contribution in [3.63, 3.8) is 0 Å². The molecular formula is C17H27NO. The molecule has 1 amide bonds. The van der Waals surface area contributed by atoms with Gasteiger partial charge in [0.15, 0.2) is 0 Å². The minimum atomic E-state index is -0.0356. The lowest BCUT2D eigenvalue weighted by Gasteiger charge is -2.34. The summed E-state index contributed by atoms with van der Waals surface area (Å²) in [6.07, 6.45) is 0.884. The van der Waals surface area contributed by atoms with Gasteiger partial charge >= 0.3 is 0 Å². The highest BCUT2D eigenvalue weighted by molar-refractivity contribution is 5.93. The number of nitrogens with one attached hydrogen (secondary N) is 1. The van der Waals surface area contributed by atoms with E-state index in [1.807, 2.05) is 30.3 Å². The summed E-state index contributed by atoms with van der Waals surface area (Å²) in [7, 11) is 0. The number of carbonyl (C=O) groups excluding carboxylic acids is 1. The molecule has 0 aliphatic heterocycles. The summed E-state index contributed by atoms with van der Waals surface area (Å²) >= 11 is 0. The van der Waals surface area contributed by atoms with Gasteiger partial charge in [0.1, 0.15) is 0 Å². The Hall–Kier alpha value is -1.31. The van der Waals surface area contributed by atoms with E-state index in [-0.39, 0.29) is 22.7 Å². The fraction of sp³-hybridized carbons (Fsp3) is 0.588. The van der Waals surface area contributed by atoms with Crippen molar-refractivity contribution in [1.29, 1.82) is 0 Å². The molecule has 0 saturated heterocycles. The van der Waals surface area contributed by atoms with E-state index in [0.717, 1.165) is 12.1 Å². The van der Waals surface area contributed by atoms with Crippen LogP contribution in [0.1, 0.15) is 48.0 Å². The maximum absolute atomic E-state index is 12.5. The van der Waals surface area contributed by atoms with Gasteiger partial charge < -0.3 is 5.32 Å². The normalized spacial score (nSPS) is 14.0. The Labute approximate surface area is 117 Å². The third-order valence-electron chi connectivity index (χ3n) is 3.22. The van der Waals surface area contributed by atoms with Gasteiger partial charge in [-0.3, -0.25) is 4.79 Å². The van der Waals surface area contributed by atoms with Crippen molar-refractivity contribution in [1.82, 2.24) is 0 Å². The zero-order valence-corrected chi connectivity index (χ0v) is 13.1. The van der Waals surface area contributed by atoms with Crippen LogP contribution < -0.4 is 5.32 Å². The summed E-state index contributed by atoms with van der Waals surface area (Å²) < 4.78 is 0. The van der Waals surface area contributed by atoms with Gasteiger partial charge in [0.25, 0.3) is 0 Å². The predicted molar refractivity (Wildman–Crippen MR) is 82.1 cm³/mol. The molecule has 0 saturated carbocycles. The molecule has 0 spiro atoms. The minimum absolute atomic E-state index is 0.00714. The van der Waals surface area contributed by atoms with Gasteiger partial charge in [-0.25, -0.2) is 0 Å². The average Bonchev–Trinajstić information content (AvgIpc) is 2.24. The van der Waals surface area contributed by atoms with Crippen LogP contribution in [0.4, 0.5) is 5.69 Å². The second-order valence-electron chi connectivity index (χ2n) is 7.54. The number of anilines is 1. The van der Waals surface area contributed by atoms with Crippen molar-refractivity contribution in [3.8, 4) is 0 Å². The molecule has 0 fully saturated rings. The van der Waals surface area contributed by atoms with Crippen LogP contribution in [0.25, 0.3) is 0 Å². The molecule has 0 aliphatic rings. The maximum Gasteiger partial charge on any atom is 0.228 e. The first kappa shape index (κ1) is 15.7. The van der Waals surface area contributed by atoms with Gasteiger partial charge in [-0.1, -0.05) is 59.7 Å². The van der Waals surface area contributed by atoms with Crippen molar-refractivity contribution in [2.24, 2.45) is 16.7 Å². The molecule has 1 unspecified atom stereocenters. The molecule has 1 aromatic carbocycles. The first-order valence-electron chi connectivity index (χ1n) is 6.95. The highest BCUT2D eigenvalue weighted by atomic mass is 16.1. The van der Waals surface area contributed by atoms with Gasteiger partial charge in [0.2, 0.25) is 5.91 Å². The van der Waals surface area contributed by atoms with Crippen LogP contribution in [0.2, 0.25) is 0 Å². The molecule has 1 N–H and O–H groups in total. The Bertz CT molecular complexity index is 409. The van der Waals surface area contributed by atoms with Crippen LogP contribution in [0.15, 0.2) is 30.3 Å². The van der Waals surface area contributed by atoms with Crippen LogP contribution >= 0.6 is 0 Å². The van der Waals surface area contributed by atoms with Gasteiger partial charge in [0.05, 0.1) is 0 Å². The number of carbonyl (C=O) groups is 1. The van der Waals surface area contributed by atoms with Gasteiger partial charge in [0, 0.05) is 11.6 Å². The molecule has 0 aliphatic carbocycles. The summed E-state index contributed by atoms with van der Waals surface area (Å²) in [5.74, 6) is 0.126. The third-order valence-corrected chi connectivity index (χ3v) is 3.22. The quantitative estimate of drug-likeness (QED) is 0.837. The van der Waals surface area contributed by atoms with Crippen molar-refractivity contribution in [2.75, 3.05) is 5.32 Å². The van der Waals surface area contributed by atoms with Crippen LogP contribution in [0.5, 0.6) is 0 Å². The molecule has 0 radical (unpaired) electrons. The average molecular weight is 261 g/mol. The fourth-order valence-electron chi connectivity index (χ4n) is 2.16. The molecule has 0 heterocycles. The lowest BCUT2D eigenvalue weighted by molar-refractivity contribution is -0.124. The highest BCUT2D eigenvalue weighted by Gasteiger charge is 2.34. The van der Waals surface area contributed by atoms with E-state index in [1.54, 1.807) is 0 Å². The largest absolute Gasteiger partial charge is 0.326 e. The molecule has 1 atom stereocenters. The van der Waals surface area contributed by atoms with Crippen molar-refractivity contribution in [3.05, 3.63) is 30.3 Å². The van der Waals surface area contributed by atoms with Crippen molar-refractivity contribution < 1.29 is 4.79 Å². The minimum Gasteiger partial charge on any atom is -0.326 e. The van der Waals surface area contributed by atoms with Crippen LogP contribution in [-0.2, 0) is 4.79 Å². The Morgan fingerprint density at radius 3 is 2.00 bits per heavy atom. The summed E-state index contributed by atoms with van der Waals surface area (Å²) in [6, 6.07) is 9.67. The summed E-state index contributed by atoms with van der Waals surface area (Å²) in [4.78, 5) is 12.5. The molecule has 2 heteroatoms. The molecule has 2 nitrogen and oxygen atoms in total. The molecule has 0 aromatic heterocycles. The number of rotatable bonds is 3. The number of hydrogen-bond donors (Lipinski definition) is 1. The number of para-hydroxylation sites is 1. The van der Waals surface area contributed by atoms with Gasteiger partial charge in [-0.15, -0.1) is 0 Å². The standard InChI is InChI=1S/C17H27NO/c1-16(2,3)12-14(17(4,5)6)15(19)18-13-10-8-7-9-11-13/h7-11,14H,12H2,1-6H3,(H,18,19). The van der Waals surface area contributed by atoms with Gasteiger partial charge in [-0.05, 0) is 29.4 Å². The Balaban J connectivity index is 2.84. The zero-order valence-electron chi connectivity index (χ0n) is 13.1. The van der Waals surface area contributed by atoms with E-state index in [1.165, 1.54) is 0 Å². The lowest BCUT2D eigenvalue weighted by atomic mass is 9.71. The Morgan fingerprint density at radius 2 is 1.58 bits per heavy atom. The SMILES string of the molecule is CC(C)(C)CC(C(=O)Nc1ccccc1)C(C)(C)C. The fourth-order valence-corrected chi connectivity index (χ4v) is 2.16. The molecule has 0 bridgehead atoms. The number of hydrogen-bond acceptors (Lipinski definition) is 1. The van der Waals surface area contributed by atoms with Crippen LogP contribution in [-0.4, -0.2) is 5.91 Å². The summed E-state index contributed by atoms with van der Waals surface area (Å²) in [5, 5.41) is 3.03. The lowest BCUT2D eigenvalue weighted by Crippen LogP contribution is -2.36. The molecule has 1 aromatic rings. The summed E-state index contributed by atoms with van der Waals surface area (Å²) in [5.41, 5.74) is 0.980. The Kier molecular flexibility index (Phi) is 4.78. The number of benzene rings is 1. The van der Waals surface area contributed by atoms with Crippen LogP contribution in [0, 0.1) is 16.7 Å². The molecule has 19 heavy (non-hydrogen) atoms.